The van der Waals surface area contributed by atoms with Gasteiger partial charge < -0.3 is 14.4 Å². The monoisotopic (exact) mass is 257 g/mol. The molecule has 1 aromatic heterocycles. The molecule has 0 aliphatic rings. The van der Waals surface area contributed by atoms with Crippen molar-refractivity contribution in [1.82, 2.24) is 4.90 Å². The largest absolute Gasteiger partial charge is 0.353 e. The number of ether oxygens (including phenoxy) is 2. The maximum absolute atomic E-state index is 5.52. The molecule has 0 radical (unpaired) electrons. The summed E-state index contributed by atoms with van der Waals surface area (Å²) < 4.78 is 11.0. The van der Waals surface area contributed by atoms with Crippen molar-refractivity contribution in [2.24, 2.45) is 0 Å². The summed E-state index contributed by atoms with van der Waals surface area (Å²) in [5, 5.41) is 2.12. The Kier molecular flexibility index (Phi) is 7.44. The van der Waals surface area contributed by atoms with E-state index in [1.54, 1.807) is 11.3 Å². The Bertz CT molecular complexity index is 271. The highest BCUT2D eigenvalue weighted by molar-refractivity contribution is 7.09. The SMILES string of the molecule is CCOC(CCN(C)Cc1cccs1)OCC. The van der Waals surface area contributed by atoms with Crippen molar-refractivity contribution in [1.29, 1.82) is 0 Å². The fraction of sp³-hybridized carbons (Fsp3) is 0.692. The van der Waals surface area contributed by atoms with E-state index in [2.05, 4.69) is 29.5 Å². The Balaban J connectivity index is 2.23. The van der Waals surface area contributed by atoms with Crippen LogP contribution in [0.4, 0.5) is 0 Å². The molecule has 0 spiro atoms. The van der Waals surface area contributed by atoms with Gasteiger partial charge in [-0.3, -0.25) is 0 Å². The first kappa shape index (κ1) is 14.6. The standard InChI is InChI=1S/C13H23NO2S/c1-4-15-13(16-5-2)8-9-14(3)11-12-7-6-10-17-12/h6-7,10,13H,4-5,8-9,11H2,1-3H3. The van der Waals surface area contributed by atoms with Crippen molar-refractivity contribution in [3.8, 4) is 0 Å². The predicted molar refractivity (Wildman–Crippen MR) is 72.3 cm³/mol. The van der Waals surface area contributed by atoms with E-state index in [1.807, 2.05) is 13.8 Å². The maximum Gasteiger partial charge on any atom is 0.158 e. The summed E-state index contributed by atoms with van der Waals surface area (Å²) in [7, 11) is 2.13. The van der Waals surface area contributed by atoms with Crippen LogP contribution in [0.3, 0.4) is 0 Å². The minimum atomic E-state index is -0.0595. The molecule has 0 aliphatic heterocycles. The van der Waals surface area contributed by atoms with E-state index in [9.17, 15) is 0 Å². The molecule has 0 fully saturated rings. The second kappa shape index (κ2) is 8.64. The predicted octanol–water partition coefficient (Wildman–Crippen LogP) is 2.97. The first-order chi connectivity index (χ1) is 8.26. The van der Waals surface area contributed by atoms with Gasteiger partial charge in [-0.15, -0.1) is 11.3 Å². The lowest BCUT2D eigenvalue weighted by atomic mass is 10.3. The minimum Gasteiger partial charge on any atom is -0.353 e. The van der Waals surface area contributed by atoms with E-state index in [0.717, 1.165) is 19.5 Å². The average Bonchev–Trinajstić information content (AvgIpc) is 2.79. The van der Waals surface area contributed by atoms with Crippen LogP contribution in [-0.2, 0) is 16.0 Å². The Morgan fingerprint density at radius 3 is 2.53 bits per heavy atom. The van der Waals surface area contributed by atoms with Crippen molar-refractivity contribution in [3.63, 3.8) is 0 Å². The topological polar surface area (TPSA) is 21.7 Å². The summed E-state index contributed by atoms with van der Waals surface area (Å²) >= 11 is 1.80. The van der Waals surface area contributed by atoms with Gasteiger partial charge in [0.15, 0.2) is 6.29 Å². The molecule has 0 amide bonds. The van der Waals surface area contributed by atoms with Crippen molar-refractivity contribution < 1.29 is 9.47 Å². The molecule has 1 heterocycles. The van der Waals surface area contributed by atoms with Crippen LogP contribution in [0.25, 0.3) is 0 Å². The summed E-state index contributed by atoms with van der Waals surface area (Å²) in [6.07, 6.45) is 0.861. The van der Waals surface area contributed by atoms with Gasteiger partial charge >= 0.3 is 0 Å². The molecule has 0 aliphatic carbocycles. The Morgan fingerprint density at radius 1 is 1.29 bits per heavy atom. The Hall–Kier alpha value is -0.420. The highest BCUT2D eigenvalue weighted by atomic mass is 32.1. The number of thiophene rings is 1. The normalized spacial score (nSPS) is 11.6. The summed E-state index contributed by atoms with van der Waals surface area (Å²) in [5.74, 6) is 0. The lowest BCUT2D eigenvalue weighted by Gasteiger charge is -2.21. The second-order valence-corrected chi connectivity index (χ2v) is 4.98. The molecule has 0 bridgehead atoms. The van der Waals surface area contributed by atoms with E-state index in [-0.39, 0.29) is 6.29 Å². The highest BCUT2D eigenvalue weighted by Crippen LogP contribution is 2.11. The number of hydrogen-bond donors (Lipinski definition) is 0. The molecule has 0 N–H and O–H groups in total. The quantitative estimate of drug-likeness (QED) is 0.635. The molecular weight excluding hydrogens is 234 g/mol. The summed E-state index contributed by atoms with van der Waals surface area (Å²) in [6.45, 7) is 7.41. The lowest BCUT2D eigenvalue weighted by molar-refractivity contribution is -0.141. The van der Waals surface area contributed by atoms with Gasteiger partial charge in [0.05, 0.1) is 0 Å². The van der Waals surface area contributed by atoms with Crippen LogP contribution in [0.1, 0.15) is 25.1 Å². The smallest absolute Gasteiger partial charge is 0.158 e. The van der Waals surface area contributed by atoms with Gasteiger partial charge in [0.2, 0.25) is 0 Å². The molecular formula is C13H23NO2S. The molecule has 4 heteroatoms. The summed E-state index contributed by atoms with van der Waals surface area (Å²) in [4.78, 5) is 3.70. The van der Waals surface area contributed by atoms with E-state index in [1.165, 1.54) is 4.88 Å². The van der Waals surface area contributed by atoms with Gasteiger partial charge in [-0.05, 0) is 32.3 Å². The van der Waals surface area contributed by atoms with Crippen molar-refractivity contribution in [3.05, 3.63) is 22.4 Å². The first-order valence-corrected chi connectivity index (χ1v) is 7.08. The molecule has 98 valence electrons. The Labute approximate surface area is 108 Å². The van der Waals surface area contributed by atoms with Crippen LogP contribution in [0.2, 0.25) is 0 Å². The zero-order valence-electron chi connectivity index (χ0n) is 11.0. The van der Waals surface area contributed by atoms with Crippen molar-refractivity contribution in [2.45, 2.75) is 33.1 Å². The zero-order valence-corrected chi connectivity index (χ0v) is 11.8. The van der Waals surface area contributed by atoms with E-state index < -0.39 is 0 Å². The highest BCUT2D eigenvalue weighted by Gasteiger charge is 2.09. The van der Waals surface area contributed by atoms with Gasteiger partial charge in [0.25, 0.3) is 0 Å². The third-order valence-electron chi connectivity index (χ3n) is 2.46. The van der Waals surface area contributed by atoms with Crippen LogP contribution in [-0.4, -0.2) is 38.0 Å². The molecule has 0 saturated heterocycles. The molecule has 1 aromatic rings. The van der Waals surface area contributed by atoms with Gasteiger partial charge in [-0.25, -0.2) is 0 Å². The van der Waals surface area contributed by atoms with E-state index >= 15 is 0 Å². The van der Waals surface area contributed by atoms with E-state index in [4.69, 9.17) is 9.47 Å². The average molecular weight is 257 g/mol. The molecule has 1 rings (SSSR count). The summed E-state index contributed by atoms with van der Waals surface area (Å²) in [5.41, 5.74) is 0. The third-order valence-corrected chi connectivity index (χ3v) is 3.32. The van der Waals surface area contributed by atoms with Crippen LogP contribution in [0.15, 0.2) is 17.5 Å². The van der Waals surface area contributed by atoms with E-state index in [0.29, 0.717) is 13.2 Å². The fourth-order valence-electron chi connectivity index (χ4n) is 1.66. The Morgan fingerprint density at radius 2 is 2.00 bits per heavy atom. The second-order valence-electron chi connectivity index (χ2n) is 3.95. The third kappa shape index (κ3) is 6.17. The molecule has 0 atom stereocenters. The van der Waals surface area contributed by atoms with Crippen molar-refractivity contribution in [2.75, 3.05) is 26.8 Å². The van der Waals surface area contributed by atoms with Crippen LogP contribution >= 0.6 is 11.3 Å². The molecule has 3 nitrogen and oxygen atoms in total. The van der Waals surface area contributed by atoms with Gasteiger partial charge in [-0.1, -0.05) is 6.07 Å². The van der Waals surface area contributed by atoms with Gasteiger partial charge in [0.1, 0.15) is 0 Å². The first-order valence-electron chi connectivity index (χ1n) is 6.20. The summed E-state index contributed by atoms with van der Waals surface area (Å²) in [6, 6.07) is 4.26. The van der Waals surface area contributed by atoms with Crippen LogP contribution in [0.5, 0.6) is 0 Å². The zero-order chi connectivity index (χ0) is 12.5. The van der Waals surface area contributed by atoms with Crippen molar-refractivity contribution >= 4 is 11.3 Å². The molecule has 0 saturated carbocycles. The van der Waals surface area contributed by atoms with Gasteiger partial charge in [-0.2, -0.15) is 0 Å². The maximum atomic E-state index is 5.52. The molecule has 0 aromatic carbocycles. The fourth-order valence-corrected chi connectivity index (χ4v) is 2.44. The molecule has 0 unspecified atom stereocenters. The number of nitrogens with zero attached hydrogens (tertiary/aromatic N) is 1. The molecule has 17 heavy (non-hydrogen) atoms. The number of rotatable bonds is 9. The number of hydrogen-bond acceptors (Lipinski definition) is 4. The van der Waals surface area contributed by atoms with Crippen LogP contribution in [0, 0.1) is 0 Å². The lowest BCUT2D eigenvalue weighted by Crippen LogP contribution is -2.26. The van der Waals surface area contributed by atoms with Gasteiger partial charge in [0, 0.05) is 37.6 Å². The minimum absolute atomic E-state index is 0.0595. The van der Waals surface area contributed by atoms with Crippen LogP contribution < -0.4 is 0 Å².